The Morgan fingerprint density at radius 3 is 2.27 bits per heavy atom. The van der Waals surface area contributed by atoms with Crippen molar-refractivity contribution >= 4 is 11.4 Å². The third-order valence-corrected chi connectivity index (χ3v) is 5.02. The van der Waals surface area contributed by atoms with Crippen LogP contribution in [0.3, 0.4) is 0 Å². The van der Waals surface area contributed by atoms with E-state index in [4.69, 9.17) is 9.73 Å². The van der Waals surface area contributed by atoms with E-state index in [9.17, 15) is 0 Å². The second-order valence-electron chi connectivity index (χ2n) is 6.82. The van der Waals surface area contributed by atoms with Gasteiger partial charge in [0.2, 0.25) is 0 Å². The molecule has 1 aliphatic heterocycles. The first-order valence-corrected chi connectivity index (χ1v) is 9.19. The van der Waals surface area contributed by atoms with Crippen molar-refractivity contribution in [1.82, 2.24) is 0 Å². The van der Waals surface area contributed by atoms with Gasteiger partial charge in [0.15, 0.2) is 0 Å². The van der Waals surface area contributed by atoms with Crippen LogP contribution in [0.1, 0.15) is 23.6 Å². The minimum Gasteiger partial charge on any atom is -0.373 e. The van der Waals surface area contributed by atoms with E-state index in [2.05, 4.69) is 79.7 Å². The fourth-order valence-electron chi connectivity index (χ4n) is 3.51. The van der Waals surface area contributed by atoms with Crippen molar-refractivity contribution in [2.75, 3.05) is 0 Å². The molecule has 2 heteroatoms. The normalized spacial score (nSPS) is 19.3. The molecule has 1 heterocycles. The summed E-state index contributed by atoms with van der Waals surface area (Å²) in [5, 5.41) is 0. The molecule has 4 rings (SSSR count). The zero-order valence-corrected chi connectivity index (χ0v) is 15.0. The van der Waals surface area contributed by atoms with Crippen LogP contribution in [-0.4, -0.2) is 11.8 Å². The summed E-state index contributed by atoms with van der Waals surface area (Å²) in [5.41, 5.74) is 5.79. The van der Waals surface area contributed by atoms with Gasteiger partial charge in [-0.2, -0.15) is 0 Å². The number of fused-ring (bicyclic) bond motifs is 1. The van der Waals surface area contributed by atoms with Gasteiger partial charge in [-0.05, 0) is 22.8 Å². The Morgan fingerprint density at radius 1 is 0.846 bits per heavy atom. The quantitative estimate of drug-likeness (QED) is 0.606. The molecule has 0 N–H and O–H groups in total. The maximum absolute atomic E-state index is 6.39. The van der Waals surface area contributed by atoms with E-state index in [1.807, 2.05) is 12.1 Å². The van der Waals surface area contributed by atoms with Crippen molar-refractivity contribution in [3.05, 3.63) is 102 Å². The summed E-state index contributed by atoms with van der Waals surface area (Å²) in [5.74, 6) is 0.216. The lowest BCUT2D eigenvalue weighted by Crippen LogP contribution is -2.29. The third kappa shape index (κ3) is 3.61. The van der Waals surface area contributed by atoms with Gasteiger partial charge in [-0.15, -0.1) is 0 Å². The Labute approximate surface area is 155 Å². The molecular formula is C24H23NO. The van der Waals surface area contributed by atoms with E-state index < -0.39 is 0 Å². The molecule has 0 fully saturated rings. The summed E-state index contributed by atoms with van der Waals surface area (Å²) in [4.78, 5) is 5.03. The number of hydrogen-bond acceptors (Lipinski definition) is 2. The molecule has 0 saturated heterocycles. The van der Waals surface area contributed by atoms with Gasteiger partial charge in [0.25, 0.3) is 0 Å². The fraction of sp³-hybridized carbons (Fsp3) is 0.208. The summed E-state index contributed by atoms with van der Waals surface area (Å²) < 4.78 is 6.39. The Hall–Kier alpha value is -2.71. The molecule has 0 radical (unpaired) electrons. The van der Waals surface area contributed by atoms with Gasteiger partial charge in [-0.25, -0.2) is 0 Å². The first-order valence-electron chi connectivity index (χ1n) is 9.19. The lowest BCUT2D eigenvalue weighted by atomic mass is 9.91. The average Bonchev–Trinajstić information content (AvgIpc) is 2.84. The van der Waals surface area contributed by atoms with Gasteiger partial charge >= 0.3 is 0 Å². The zero-order chi connectivity index (χ0) is 17.8. The Balaban J connectivity index is 1.66. The minimum absolute atomic E-state index is 0.0952. The molecule has 0 aromatic heterocycles. The summed E-state index contributed by atoms with van der Waals surface area (Å²) in [6, 6.07) is 29.2. The largest absolute Gasteiger partial charge is 0.373 e. The Morgan fingerprint density at radius 2 is 1.50 bits per heavy atom. The highest BCUT2D eigenvalue weighted by Crippen LogP contribution is 2.31. The van der Waals surface area contributed by atoms with Gasteiger partial charge in [-0.3, -0.25) is 4.99 Å². The van der Waals surface area contributed by atoms with Crippen LogP contribution < -0.4 is 0 Å². The van der Waals surface area contributed by atoms with Crippen LogP contribution >= 0.6 is 0 Å². The van der Waals surface area contributed by atoms with E-state index in [0.29, 0.717) is 6.61 Å². The molecule has 26 heavy (non-hydrogen) atoms. The summed E-state index contributed by atoms with van der Waals surface area (Å²) in [6.07, 6.45) is 0.974. The van der Waals surface area contributed by atoms with Crippen LogP contribution in [0, 0.1) is 5.92 Å². The number of para-hydroxylation sites is 1. The lowest BCUT2D eigenvalue weighted by molar-refractivity contribution is 0.0236. The first kappa shape index (κ1) is 16.7. The second-order valence-corrected chi connectivity index (χ2v) is 6.82. The van der Waals surface area contributed by atoms with Crippen LogP contribution in [0.25, 0.3) is 0 Å². The molecule has 0 aliphatic carbocycles. The number of rotatable bonds is 4. The predicted molar refractivity (Wildman–Crippen MR) is 107 cm³/mol. The molecule has 3 aromatic rings. The van der Waals surface area contributed by atoms with E-state index >= 15 is 0 Å². The number of benzene rings is 3. The zero-order valence-electron chi connectivity index (χ0n) is 15.0. The van der Waals surface area contributed by atoms with Crippen molar-refractivity contribution in [3.8, 4) is 0 Å². The number of ether oxygens (including phenoxy) is 1. The molecule has 2 unspecified atom stereocenters. The van der Waals surface area contributed by atoms with E-state index in [-0.39, 0.29) is 12.0 Å². The minimum atomic E-state index is 0.0952. The van der Waals surface area contributed by atoms with Gasteiger partial charge in [0.1, 0.15) is 0 Å². The highest BCUT2D eigenvalue weighted by atomic mass is 16.5. The molecule has 1 aliphatic rings. The molecule has 2 atom stereocenters. The Kier molecular flexibility index (Phi) is 4.94. The summed E-state index contributed by atoms with van der Waals surface area (Å²) in [6.45, 7) is 2.85. The average molecular weight is 341 g/mol. The van der Waals surface area contributed by atoms with E-state index in [1.54, 1.807) is 0 Å². The molecular weight excluding hydrogens is 318 g/mol. The monoisotopic (exact) mass is 341 g/mol. The topological polar surface area (TPSA) is 21.6 Å². The number of hydrogen-bond donors (Lipinski definition) is 0. The summed E-state index contributed by atoms with van der Waals surface area (Å²) >= 11 is 0. The van der Waals surface area contributed by atoms with Crippen LogP contribution in [0.2, 0.25) is 0 Å². The third-order valence-electron chi connectivity index (χ3n) is 5.02. The van der Waals surface area contributed by atoms with Gasteiger partial charge in [-0.1, -0.05) is 85.8 Å². The molecule has 2 nitrogen and oxygen atoms in total. The van der Waals surface area contributed by atoms with Gasteiger partial charge < -0.3 is 4.74 Å². The smallest absolute Gasteiger partial charge is 0.0721 e. The van der Waals surface area contributed by atoms with Crippen LogP contribution in [-0.2, 0) is 17.8 Å². The van der Waals surface area contributed by atoms with Crippen molar-refractivity contribution in [1.29, 1.82) is 0 Å². The highest BCUT2D eigenvalue weighted by molar-refractivity contribution is 6.04. The van der Waals surface area contributed by atoms with Crippen molar-refractivity contribution < 1.29 is 4.74 Å². The second kappa shape index (κ2) is 7.67. The first-order chi connectivity index (χ1) is 12.8. The van der Waals surface area contributed by atoms with Crippen LogP contribution in [0.5, 0.6) is 0 Å². The molecule has 130 valence electrons. The summed E-state index contributed by atoms with van der Waals surface area (Å²) in [7, 11) is 0. The fourth-order valence-corrected chi connectivity index (χ4v) is 3.51. The van der Waals surface area contributed by atoms with Gasteiger partial charge in [0, 0.05) is 12.3 Å². The lowest BCUT2D eigenvalue weighted by Gasteiger charge is -2.24. The van der Waals surface area contributed by atoms with Gasteiger partial charge in [0.05, 0.1) is 24.1 Å². The van der Waals surface area contributed by atoms with Crippen LogP contribution in [0.4, 0.5) is 5.69 Å². The van der Waals surface area contributed by atoms with E-state index in [1.165, 1.54) is 16.7 Å². The van der Waals surface area contributed by atoms with E-state index in [0.717, 1.165) is 17.8 Å². The number of nitrogens with zero attached hydrogens (tertiary/aromatic N) is 1. The van der Waals surface area contributed by atoms with Crippen molar-refractivity contribution in [2.24, 2.45) is 10.9 Å². The van der Waals surface area contributed by atoms with Crippen molar-refractivity contribution in [3.63, 3.8) is 0 Å². The Bertz CT molecular complexity index is 886. The number of aliphatic imine (C=N–C) groups is 1. The SMILES string of the molecule is CC1C(c2ccccc2)=Nc2ccccc2CC1OCc1ccccc1. The maximum atomic E-state index is 6.39. The highest BCUT2D eigenvalue weighted by Gasteiger charge is 2.28. The van der Waals surface area contributed by atoms with Crippen molar-refractivity contribution in [2.45, 2.75) is 26.1 Å². The maximum Gasteiger partial charge on any atom is 0.0721 e. The molecule has 0 amide bonds. The standard InChI is InChI=1S/C24H23NO/c1-18-23(26-17-19-10-4-2-5-11-19)16-21-14-8-9-15-22(21)25-24(18)20-12-6-3-7-13-20/h2-15,18,23H,16-17H2,1H3. The molecule has 3 aromatic carbocycles. The molecule has 0 spiro atoms. The molecule has 0 saturated carbocycles. The van der Waals surface area contributed by atoms with Crippen LogP contribution in [0.15, 0.2) is 89.9 Å². The predicted octanol–water partition coefficient (Wildman–Crippen LogP) is 5.59. The molecule has 0 bridgehead atoms.